The molecule has 1 aromatic carbocycles. The van der Waals surface area contributed by atoms with Gasteiger partial charge in [0.25, 0.3) is 0 Å². The molecule has 1 aromatic rings. The number of rotatable bonds is 13. The van der Waals surface area contributed by atoms with Gasteiger partial charge < -0.3 is 45.0 Å². The highest BCUT2D eigenvalue weighted by molar-refractivity contribution is 5.89. The van der Waals surface area contributed by atoms with Crippen molar-refractivity contribution in [2.75, 3.05) is 26.2 Å². The van der Waals surface area contributed by atoms with Crippen LogP contribution in [-0.4, -0.2) is 72.3 Å². The molecule has 0 radical (unpaired) electrons. The minimum Gasteiger partial charge on any atom is -0.545 e. The van der Waals surface area contributed by atoms with E-state index in [1.165, 1.54) is 19.3 Å². The van der Waals surface area contributed by atoms with Crippen molar-refractivity contribution in [3.05, 3.63) is 60.2 Å². The Kier molecular flexibility index (Phi) is 19.6. The van der Waals surface area contributed by atoms with Crippen LogP contribution in [0.4, 0.5) is 0 Å². The summed E-state index contributed by atoms with van der Waals surface area (Å²) < 4.78 is 5.95. The second-order valence-electron chi connectivity index (χ2n) is 9.34. The molecule has 2 rings (SSSR count). The van der Waals surface area contributed by atoms with Crippen LogP contribution in [0.15, 0.2) is 54.6 Å². The molecule has 0 spiro atoms. The second-order valence-corrected chi connectivity index (χ2v) is 9.34. The molecule has 0 saturated heterocycles. The van der Waals surface area contributed by atoms with Gasteiger partial charge in [0.2, 0.25) is 6.04 Å². The van der Waals surface area contributed by atoms with Gasteiger partial charge in [-0.3, -0.25) is 0 Å². The lowest BCUT2D eigenvalue weighted by atomic mass is 9.88. The fourth-order valence-corrected chi connectivity index (χ4v) is 4.04. The maximum Gasteiger partial charge on any atom is 0.370 e. The summed E-state index contributed by atoms with van der Waals surface area (Å²) in [6.07, 6.45) is 6.59. The van der Waals surface area contributed by atoms with Crippen LogP contribution < -0.4 is 20.4 Å². The van der Waals surface area contributed by atoms with Gasteiger partial charge in [0.1, 0.15) is 19.2 Å². The van der Waals surface area contributed by atoms with E-state index in [9.17, 15) is 34.2 Å². The molecule has 0 aliphatic heterocycles. The molecule has 0 heterocycles. The number of carboxylic acid groups (broad SMARTS) is 4. The van der Waals surface area contributed by atoms with E-state index >= 15 is 0 Å². The first kappa shape index (κ1) is 37.0. The summed E-state index contributed by atoms with van der Waals surface area (Å²) in [6.45, 7) is 10.9. The number of benzene rings is 1. The van der Waals surface area contributed by atoms with Crippen molar-refractivity contribution in [3.63, 3.8) is 0 Å². The molecular formula is C29H42N2O10. The van der Waals surface area contributed by atoms with Gasteiger partial charge in [-0.25, -0.2) is 14.4 Å². The monoisotopic (exact) mass is 578 g/mol. The number of carboxylic acids is 4. The van der Waals surface area contributed by atoms with Gasteiger partial charge >= 0.3 is 17.9 Å². The molecule has 3 unspecified atom stereocenters. The Morgan fingerprint density at radius 2 is 1.44 bits per heavy atom. The van der Waals surface area contributed by atoms with E-state index in [0.29, 0.717) is 30.2 Å². The van der Waals surface area contributed by atoms with Gasteiger partial charge in [0.15, 0.2) is 0 Å². The molecule has 12 heteroatoms. The van der Waals surface area contributed by atoms with Gasteiger partial charge in [-0.2, -0.15) is 0 Å². The molecule has 228 valence electrons. The van der Waals surface area contributed by atoms with Crippen molar-refractivity contribution in [1.82, 2.24) is 0 Å². The van der Waals surface area contributed by atoms with Gasteiger partial charge in [0.05, 0.1) is 25.0 Å². The van der Waals surface area contributed by atoms with Crippen LogP contribution in [0.3, 0.4) is 0 Å². The number of carbonyl (C=O) groups excluding carboxylic acids is 3. The van der Waals surface area contributed by atoms with E-state index < -0.39 is 23.9 Å². The molecule has 5 N–H and O–H groups in total. The molecule has 3 atom stereocenters. The van der Waals surface area contributed by atoms with E-state index in [1.54, 1.807) is 4.90 Å². The summed E-state index contributed by atoms with van der Waals surface area (Å²) in [5.41, 5.74) is 1.05. The predicted octanol–water partition coefficient (Wildman–Crippen LogP) is -1.91. The van der Waals surface area contributed by atoms with Crippen molar-refractivity contribution >= 4 is 29.8 Å². The largest absolute Gasteiger partial charge is 0.545 e. The maximum atomic E-state index is 12.9. The van der Waals surface area contributed by atoms with Gasteiger partial charge in [-0.15, -0.1) is 0 Å². The number of hydrogen-bond acceptors (Lipinski definition) is 8. The number of likely N-dealkylation sites (N-methyl/N-ethyl adjacent to an activating group) is 1. The molecule has 0 aromatic heterocycles. The second kappa shape index (κ2) is 21.8. The van der Waals surface area contributed by atoms with Crippen LogP contribution in [0, 0.1) is 5.92 Å². The number of aliphatic carboxylic acids is 4. The van der Waals surface area contributed by atoms with Crippen LogP contribution in [0.25, 0.3) is 0 Å². The minimum atomic E-state index is -1.51. The Morgan fingerprint density at radius 1 is 0.927 bits per heavy atom. The van der Waals surface area contributed by atoms with E-state index in [1.807, 2.05) is 30.3 Å². The molecule has 0 bridgehead atoms. The lowest BCUT2D eigenvalue weighted by Crippen LogP contribution is -3.14. The summed E-state index contributed by atoms with van der Waals surface area (Å²) in [6, 6.07) is 9.83. The van der Waals surface area contributed by atoms with Gasteiger partial charge in [-0.1, -0.05) is 43.7 Å². The molecule has 1 saturated carbocycles. The number of ether oxygens (including phenoxy) is 1. The average molecular weight is 579 g/mol. The van der Waals surface area contributed by atoms with Crippen molar-refractivity contribution in [3.8, 4) is 0 Å². The van der Waals surface area contributed by atoms with Crippen molar-refractivity contribution in [1.29, 1.82) is 0 Å². The zero-order valence-corrected chi connectivity index (χ0v) is 23.8. The third-order valence-corrected chi connectivity index (χ3v) is 6.34. The summed E-state index contributed by atoms with van der Waals surface area (Å²) in [7, 11) is 0. The van der Waals surface area contributed by atoms with Crippen molar-refractivity contribution in [2.45, 2.75) is 58.6 Å². The quantitative estimate of drug-likeness (QED) is 0.151. The predicted molar refractivity (Wildman–Crippen MR) is 144 cm³/mol. The third-order valence-electron chi connectivity index (χ3n) is 6.34. The number of esters is 1. The van der Waals surface area contributed by atoms with Crippen LogP contribution in [0.1, 0.15) is 58.1 Å². The molecule has 12 nitrogen and oxygen atoms in total. The first-order valence-electron chi connectivity index (χ1n) is 13.6. The highest BCUT2D eigenvalue weighted by Gasteiger charge is 2.31. The first-order chi connectivity index (χ1) is 19.4. The van der Waals surface area contributed by atoms with Crippen molar-refractivity contribution in [2.24, 2.45) is 5.92 Å². The van der Waals surface area contributed by atoms with E-state index in [-0.39, 0.29) is 18.1 Å². The molecule has 0 amide bonds. The molecule has 1 fully saturated rings. The topological polar surface area (TPSA) is 202 Å². The zero-order chi connectivity index (χ0) is 31.2. The van der Waals surface area contributed by atoms with Gasteiger partial charge in [-0.05, 0) is 51.2 Å². The fourth-order valence-electron chi connectivity index (χ4n) is 4.04. The summed E-state index contributed by atoms with van der Waals surface area (Å²) in [5, 5.41) is 36.6. The number of hydrogen-bond donors (Lipinski definition) is 4. The smallest absolute Gasteiger partial charge is 0.370 e. The molecule has 1 aliphatic rings. The third kappa shape index (κ3) is 18.8. The Morgan fingerprint density at radius 3 is 1.85 bits per heavy atom. The summed E-state index contributed by atoms with van der Waals surface area (Å²) in [5.74, 6) is -5.20. The van der Waals surface area contributed by atoms with E-state index in [4.69, 9.17) is 14.9 Å². The van der Waals surface area contributed by atoms with Gasteiger partial charge in [0, 0.05) is 17.7 Å². The maximum absolute atomic E-state index is 12.9. The zero-order valence-electron chi connectivity index (χ0n) is 23.8. The number of nitrogens with two attached hydrogens (primary N) is 1. The van der Waals surface area contributed by atoms with Crippen LogP contribution in [0.2, 0.25) is 0 Å². The number of quaternary nitrogens is 2. The Balaban J connectivity index is 0.000000820. The van der Waals surface area contributed by atoms with Crippen LogP contribution in [0.5, 0.6) is 0 Å². The Hall–Kier alpha value is -4.03. The van der Waals surface area contributed by atoms with Crippen LogP contribution in [-0.2, 0) is 28.7 Å². The first-order valence-corrected chi connectivity index (χ1v) is 13.6. The summed E-state index contributed by atoms with van der Waals surface area (Å²) >= 11 is 0. The molecule has 41 heavy (non-hydrogen) atoms. The normalized spacial score (nSPS) is 17.1. The SMILES string of the molecule is CC[NH+](CC)CC[NH2+]C(C(=O)OC1CCCCC1C)c1ccccc1.O=C([O-])/C=C/C(=O)O.O=C([O-])/C=C/C(=O)O. The summed E-state index contributed by atoms with van der Waals surface area (Å²) in [4.78, 5) is 52.4. The number of nitrogens with one attached hydrogen (secondary N) is 1. The van der Waals surface area contributed by atoms with E-state index in [2.05, 4.69) is 26.1 Å². The Bertz CT molecular complexity index is 940. The van der Waals surface area contributed by atoms with E-state index in [0.717, 1.165) is 38.2 Å². The number of carbonyl (C=O) groups is 5. The Labute approximate surface area is 240 Å². The lowest BCUT2D eigenvalue weighted by Gasteiger charge is -2.29. The van der Waals surface area contributed by atoms with Crippen LogP contribution >= 0.6 is 0 Å². The standard InChI is InChI=1S/C21H34N2O2.2C4H4O4/c1-4-23(5-2)16-15-22-20(18-12-7-6-8-13-18)21(24)25-19-14-10-9-11-17(19)3;2*5-3(6)1-2-4(7)8/h6-8,12-13,17,19-20,22H,4-5,9-11,14-16H2,1-3H3;2*1-2H,(H,5,6)(H,7,8)/b;2*2-1+. The molecule has 1 aliphatic carbocycles. The van der Waals surface area contributed by atoms with Crippen molar-refractivity contribution < 1.29 is 59.4 Å². The highest BCUT2D eigenvalue weighted by atomic mass is 16.5. The average Bonchev–Trinajstić information content (AvgIpc) is 2.93. The minimum absolute atomic E-state index is 0.0699. The highest BCUT2D eigenvalue weighted by Crippen LogP contribution is 2.27. The lowest BCUT2D eigenvalue weighted by molar-refractivity contribution is -0.910. The fraction of sp³-hybridized carbons (Fsp3) is 0.483. The molecular weight excluding hydrogens is 536 g/mol.